The van der Waals surface area contributed by atoms with Crippen LogP contribution in [0, 0.1) is 5.82 Å². The van der Waals surface area contributed by atoms with E-state index in [1.807, 2.05) is 0 Å². The summed E-state index contributed by atoms with van der Waals surface area (Å²) in [5.41, 5.74) is -0.900. The molecular formula is C8H8BF4O2-. The molecule has 0 fully saturated rings. The minimum absolute atomic E-state index is 0.300. The average Bonchev–Trinajstić information content (AvgIpc) is 2.15. The number of ether oxygens (including phenoxy) is 2. The van der Waals surface area contributed by atoms with Crippen LogP contribution < -0.4 is 10.2 Å². The van der Waals surface area contributed by atoms with Crippen molar-refractivity contribution in [1.29, 1.82) is 0 Å². The van der Waals surface area contributed by atoms with E-state index < -0.39 is 24.0 Å². The molecule has 0 heterocycles. The molecule has 0 aliphatic heterocycles. The van der Waals surface area contributed by atoms with Crippen LogP contribution in [-0.2, 0) is 4.74 Å². The van der Waals surface area contributed by atoms with Gasteiger partial charge in [-0.2, -0.15) is 0 Å². The second-order valence-corrected chi connectivity index (χ2v) is 2.82. The highest BCUT2D eigenvalue weighted by atomic mass is 19.4. The first-order valence-electron chi connectivity index (χ1n) is 4.06. The summed E-state index contributed by atoms with van der Waals surface area (Å²) >= 11 is 0. The Morgan fingerprint density at radius 2 is 1.93 bits per heavy atom. The maximum absolute atomic E-state index is 12.9. The SMILES string of the molecule is COCOc1cc([B-](F)(F)F)ccc1F. The molecule has 0 saturated carbocycles. The normalized spacial score (nSPS) is 11.5. The summed E-state index contributed by atoms with van der Waals surface area (Å²) in [7, 11) is 1.29. The van der Waals surface area contributed by atoms with Crippen molar-refractivity contribution in [3.63, 3.8) is 0 Å². The standard InChI is InChI=1S/C8H8BF4O2/c1-14-5-15-8-4-6(9(11,12)13)2-3-7(8)10/h2-4H,5H2,1H3/q-1. The lowest BCUT2D eigenvalue weighted by atomic mass is 9.80. The molecule has 1 aromatic carbocycles. The minimum Gasteiger partial charge on any atom is -0.465 e. The van der Waals surface area contributed by atoms with Gasteiger partial charge in [-0.3, -0.25) is 0 Å². The number of hydrogen-bond donors (Lipinski definition) is 0. The molecule has 0 radical (unpaired) electrons. The van der Waals surface area contributed by atoms with Crippen molar-refractivity contribution in [2.75, 3.05) is 13.9 Å². The van der Waals surface area contributed by atoms with Gasteiger partial charge in [0.2, 0.25) is 0 Å². The lowest BCUT2D eigenvalue weighted by Crippen LogP contribution is -2.34. The van der Waals surface area contributed by atoms with E-state index in [2.05, 4.69) is 9.47 Å². The Hall–Kier alpha value is -1.24. The molecule has 0 atom stereocenters. The van der Waals surface area contributed by atoms with E-state index in [1.165, 1.54) is 7.11 Å². The van der Waals surface area contributed by atoms with Gasteiger partial charge in [0.1, 0.15) is 0 Å². The smallest absolute Gasteiger partial charge is 0.465 e. The van der Waals surface area contributed by atoms with Crippen LogP contribution in [0.1, 0.15) is 0 Å². The van der Waals surface area contributed by atoms with Gasteiger partial charge < -0.3 is 22.4 Å². The van der Waals surface area contributed by atoms with Gasteiger partial charge in [-0.1, -0.05) is 6.07 Å². The Labute approximate surface area is 83.9 Å². The zero-order valence-electron chi connectivity index (χ0n) is 7.84. The van der Waals surface area contributed by atoms with Crippen LogP contribution in [0.25, 0.3) is 0 Å². The van der Waals surface area contributed by atoms with Crippen LogP contribution in [0.4, 0.5) is 17.3 Å². The van der Waals surface area contributed by atoms with Crippen molar-refractivity contribution in [1.82, 2.24) is 0 Å². The summed E-state index contributed by atoms with van der Waals surface area (Å²) in [6.45, 7) is -5.45. The second kappa shape index (κ2) is 4.52. The molecule has 0 saturated heterocycles. The Kier molecular flexibility index (Phi) is 3.57. The predicted octanol–water partition coefficient (Wildman–Crippen LogP) is 1.86. The number of rotatable bonds is 4. The van der Waals surface area contributed by atoms with Gasteiger partial charge in [-0.25, -0.2) is 4.39 Å². The quantitative estimate of drug-likeness (QED) is 0.440. The molecule has 1 aromatic rings. The average molecular weight is 223 g/mol. The van der Waals surface area contributed by atoms with E-state index in [0.29, 0.717) is 12.1 Å². The van der Waals surface area contributed by atoms with Gasteiger partial charge in [-0.05, 0) is 12.1 Å². The lowest BCUT2D eigenvalue weighted by molar-refractivity contribution is 0.0483. The van der Waals surface area contributed by atoms with Crippen LogP contribution in [-0.4, -0.2) is 20.9 Å². The molecule has 0 bridgehead atoms. The highest BCUT2D eigenvalue weighted by Gasteiger charge is 2.26. The van der Waals surface area contributed by atoms with Gasteiger partial charge in [0, 0.05) is 7.11 Å². The molecule has 0 aromatic heterocycles. The Bertz CT molecular complexity index is 340. The van der Waals surface area contributed by atoms with E-state index in [4.69, 9.17) is 0 Å². The summed E-state index contributed by atoms with van der Waals surface area (Å²) in [5, 5.41) is 0. The Morgan fingerprint density at radius 3 is 2.47 bits per heavy atom. The van der Waals surface area contributed by atoms with E-state index >= 15 is 0 Å². The maximum atomic E-state index is 12.9. The highest BCUT2D eigenvalue weighted by Crippen LogP contribution is 2.18. The molecular weight excluding hydrogens is 215 g/mol. The number of hydrogen-bond acceptors (Lipinski definition) is 2. The molecule has 2 nitrogen and oxygen atoms in total. The van der Waals surface area contributed by atoms with Gasteiger partial charge in [0.15, 0.2) is 18.4 Å². The molecule has 7 heteroatoms. The van der Waals surface area contributed by atoms with Crippen LogP contribution in [0.15, 0.2) is 18.2 Å². The monoisotopic (exact) mass is 223 g/mol. The highest BCUT2D eigenvalue weighted by molar-refractivity contribution is 6.73. The van der Waals surface area contributed by atoms with E-state index in [9.17, 15) is 17.3 Å². The van der Waals surface area contributed by atoms with Crippen LogP contribution >= 0.6 is 0 Å². The number of methoxy groups -OCH3 is 1. The topological polar surface area (TPSA) is 18.5 Å². The number of halogens is 4. The molecule has 0 aliphatic carbocycles. The molecule has 0 unspecified atom stereocenters. The lowest BCUT2D eigenvalue weighted by Gasteiger charge is -2.16. The summed E-state index contributed by atoms with van der Waals surface area (Å²) < 4.78 is 58.9. The van der Waals surface area contributed by atoms with Crippen LogP contribution in [0.3, 0.4) is 0 Å². The largest absolute Gasteiger partial charge is 0.509 e. The van der Waals surface area contributed by atoms with Crippen LogP contribution in [0.5, 0.6) is 5.75 Å². The van der Waals surface area contributed by atoms with Gasteiger partial charge >= 0.3 is 6.98 Å². The summed E-state index contributed by atoms with van der Waals surface area (Å²) in [5.74, 6) is -1.32. The third-order valence-corrected chi connectivity index (χ3v) is 1.67. The summed E-state index contributed by atoms with van der Waals surface area (Å²) in [4.78, 5) is 0. The molecule has 0 N–H and O–H groups in total. The Morgan fingerprint density at radius 1 is 1.27 bits per heavy atom. The first-order chi connectivity index (χ1) is 6.95. The fraction of sp³-hybridized carbons (Fsp3) is 0.250. The van der Waals surface area contributed by atoms with Crippen molar-refractivity contribution in [2.24, 2.45) is 0 Å². The van der Waals surface area contributed by atoms with Crippen molar-refractivity contribution in [3.05, 3.63) is 24.0 Å². The predicted molar refractivity (Wildman–Crippen MR) is 47.6 cm³/mol. The molecule has 0 spiro atoms. The fourth-order valence-electron chi connectivity index (χ4n) is 0.957. The fourth-order valence-corrected chi connectivity index (χ4v) is 0.957. The van der Waals surface area contributed by atoms with Gasteiger partial charge in [0.05, 0.1) is 0 Å². The van der Waals surface area contributed by atoms with Crippen molar-refractivity contribution < 1.29 is 26.8 Å². The molecule has 1 rings (SSSR count). The third kappa shape index (κ3) is 3.12. The molecule has 84 valence electrons. The molecule has 15 heavy (non-hydrogen) atoms. The van der Waals surface area contributed by atoms with Gasteiger partial charge in [-0.15, -0.1) is 5.46 Å². The van der Waals surface area contributed by atoms with Crippen molar-refractivity contribution >= 4 is 12.4 Å². The third-order valence-electron chi connectivity index (χ3n) is 1.67. The zero-order valence-corrected chi connectivity index (χ0v) is 7.84. The minimum atomic E-state index is -5.14. The molecule has 0 amide bonds. The first kappa shape index (κ1) is 11.8. The summed E-state index contributed by atoms with van der Waals surface area (Å²) in [6.07, 6.45) is 0. The second-order valence-electron chi connectivity index (χ2n) is 2.82. The maximum Gasteiger partial charge on any atom is 0.509 e. The van der Waals surface area contributed by atoms with Gasteiger partial charge in [0.25, 0.3) is 0 Å². The zero-order chi connectivity index (χ0) is 11.5. The summed E-state index contributed by atoms with van der Waals surface area (Å²) in [6, 6.07) is 2.01. The van der Waals surface area contributed by atoms with E-state index in [-0.39, 0.29) is 6.79 Å². The van der Waals surface area contributed by atoms with Crippen molar-refractivity contribution in [2.45, 2.75) is 0 Å². The Balaban J connectivity index is 2.95. The van der Waals surface area contributed by atoms with Crippen LogP contribution in [0.2, 0.25) is 0 Å². The van der Waals surface area contributed by atoms with E-state index in [1.54, 1.807) is 0 Å². The molecule has 0 aliphatic rings. The number of benzene rings is 1. The van der Waals surface area contributed by atoms with E-state index in [0.717, 1.165) is 6.07 Å². The van der Waals surface area contributed by atoms with Crippen molar-refractivity contribution in [3.8, 4) is 5.75 Å². The first-order valence-corrected chi connectivity index (χ1v) is 4.06.